The van der Waals surface area contributed by atoms with Gasteiger partial charge in [0.1, 0.15) is 5.75 Å². The van der Waals surface area contributed by atoms with Gasteiger partial charge in [-0.1, -0.05) is 19.1 Å². The molecule has 1 aromatic rings. The monoisotopic (exact) mass is 271 g/mol. The Balaban J connectivity index is 2.87. The molecular weight excluding hydrogens is 254 g/mol. The fourth-order valence-corrected chi connectivity index (χ4v) is 1.82. The van der Waals surface area contributed by atoms with E-state index in [0.717, 1.165) is 23.3 Å². The second kappa shape index (κ2) is 6.13. The zero-order valence-electron chi connectivity index (χ0n) is 9.51. The van der Waals surface area contributed by atoms with Crippen molar-refractivity contribution in [1.82, 2.24) is 5.32 Å². The van der Waals surface area contributed by atoms with E-state index >= 15 is 0 Å². The molecule has 0 atom stereocenters. The fourth-order valence-electron chi connectivity index (χ4n) is 1.32. The van der Waals surface area contributed by atoms with Crippen LogP contribution >= 0.6 is 15.9 Å². The Morgan fingerprint density at radius 1 is 1.40 bits per heavy atom. The minimum Gasteiger partial charge on any atom is -0.489 e. The third kappa shape index (κ3) is 3.84. The first-order valence-electron chi connectivity index (χ1n) is 5.30. The summed E-state index contributed by atoms with van der Waals surface area (Å²) >= 11 is 3.51. The van der Waals surface area contributed by atoms with Gasteiger partial charge in [0.2, 0.25) is 0 Å². The van der Waals surface area contributed by atoms with Crippen LogP contribution in [0, 0.1) is 0 Å². The van der Waals surface area contributed by atoms with E-state index in [1.54, 1.807) is 0 Å². The van der Waals surface area contributed by atoms with Gasteiger partial charge in [-0.2, -0.15) is 0 Å². The quantitative estimate of drug-likeness (QED) is 0.887. The molecule has 0 aliphatic heterocycles. The normalized spacial score (nSPS) is 10.7. The van der Waals surface area contributed by atoms with Gasteiger partial charge in [-0.25, -0.2) is 0 Å². The van der Waals surface area contributed by atoms with Gasteiger partial charge in [0, 0.05) is 12.1 Å². The molecule has 0 spiro atoms. The summed E-state index contributed by atoms with van der Waals surface area (Å²) in [5.41, 5.74) is 1.19. The highest BCUT2D eigenvalue weighted by Crippen LogP contribution is 2.29. The van der Waals surface area contributed by atoms with Crippen molar-refractivity contribution in [3.63, 3.8) is 0 Å². The van der Waals surface area contributed by atoms with Gasteiger partial charge in [0.25, 0.3) is 0 Å². The Morgan fingerprint density at radius 2 is 2.13 bits per heavy atom. The lowest BCUT2D eigenvalue weighted by Gasteiger charge is -2.16. The van der Waals surface area contributed by atoms with Crippen LogP contribution in [0.25, 0.3) is 0 Å². The van der Waals surface area contributed by atoms with Crippen molar-refractivity contribution in [1.29, 1.82) is 0 Å². The van der Waals surface area contributed by atoms with Crippen LogP contribution in [0.1, 0.15) is 26.3 Å². The molecule has 0 fully saturated rings. The average molecular weight is 272 g/mol. The second-order valence-corrected chi connectivity index (χ2v) is 4.53. The number of halogens is 1. The van der Waals surface area contributed by atoms with Gasteiger partial charge in [-0.05, 0) is 42.4 Å². The maximum atomic E-state index is 5.79. The van der Waals surface area contributed by atoms with Gasteiger partial charge in [0.15, 0.2) is 0 Å². The molecule has 0 amide bonds. The summed E-state index contributed by atoms with van der Waals surface area (Å²) in [4.78, 5) is 0. The Morgan fingerprint density at radius 3 is 2.73 bits per heavy atom. The zero-order chi connectivity index (χ0) is 11.3. The molecule has 0 aliphatic carbocycles. The van der Waals surface area contributed by atoms with Crippen LogP contribution in [-0.4, -0.2) is 12.6 Å². The average Bonchev–Trinajstić information content (AvgIpc) is 2.18. The van der Waals surface area contributed by atoms with Gasteiger partial charge in [0.05, 0.1) is 10.6 Å². The van der Waals surface area contributed by atoms with E-state index in [1.165, 1.54) is 5.56 Å². The van der Waals surface area contributed by atoms with Crippen molar-refractivity contribution in [3.8, 4) is 5.75 Å². The van der Waals surface area contributed by atoms with Crippen molar-refractivity contribution >= 4 is 15.9 Å². The smallest absolute Gasteiger partial charge is 0.138 e. The second-order valence-electron chi connectivity index (χ2n) is 3.68. The summed E-state index contributed by atoms with van der Waals surface area (Å²) in [7, 11) is 0. The summed E-state index contributed by atoms with van der Waals surface area (Å²) in [6.07, 6.45) is 0.198. The van der Waals surface area contributed by atoms with E-state index in [-0.39, 0.29) is 6.10 Å². The van der Waals surface area contributed by atoms with Crippen LogP contribution < -0.4 is 10.1 Å². The van der Waals surface area contributed by atoms with Crippen LogP contribution in [0.5, 0.6) is 5.75 Å². The summed E-state index contributed by atoms with van der Waals surface area (Å²) in [6, 6.07) is 6.13. The lowest BCUT2D eigenvalue weighted by molar-refractivity contribution is 0.238. The van der Waals surface area contributed by atoms with Crippen LogP contribution in [-0.2, 0) is 6.54 Å². The first-order valence-corrected chi connectivity index (χ1v) is 6.09. The van der Waals surface area contributed by atoms with Crippen LogP contribution in [0.15, 0.2) is 22.7 Å². The highest BCUT2D eigenvalue weighted by molar-refractivity contribution is 9.10. The van der Waals surface area contributed by atoms with E-state index in [2.05, 4.69) is 34.2 Å². The molecule has 0 heterocycles. The summed E-state index contributed by atoms with van der Waals surface area (Å²) in [6.45, 7) is 7.99. The van der Waals surface area contributed by atoms with Gasteiger partial charge < -0.3 is 10.1 Å². The molecule has 3 heteroatoms. The van der Waals surface area contributed by atoms with Crippen molar-refractivity contribution in [3.05, 3.63) is 28.2 Å². The number of benzene rings is 1. The SMILES string of the molecule is CCNCc1cccc(Br)c1OC(C)C. The third-order valence-electron chi connectivity index (χ3n) is 1.97. The van der Waals surface area contributed by atoms with E-state index < -0.39 is 0 Å². The molecule has 0 saturated carbocycles. The highest BCUT2D eigenvalue weighted by Gasteiger charge is 2.08. The van der Waals surface area contributed by atoms with Crippen molar-refractivity contribution in [2.45, 2.75) is 33.4 Å². The molecule has 1 N–H and O–H groups in total. The predicted molar refractivity (Wildman–Crippen MR) is 67.3 cm³/mol. The van der Waals surface area contributed by atoms with Crippen molar-refractivity contribution in [2.75, 3.05) is 6.54 Å². The van der Waals surface area contributed by atoms with Crippen LogP contribution in [0.3, 0.4) is 0 Å². The maximum Gasteiger partial charge on any atom is 0.138 e. The minimum absolute atomic E-state index is 0.198. The number of ether oxygens (including phenoxy) is 1. The lowest BCUT2D eigenvalue weighted by Crippen LogP contribution is -2.14. The molecule has 84 valence electrons. The van der Waals surface area contributed by atoms with E-state index in [0.29, 0.717) is 0 Å². The molecule has 0 saturated heterocycles. The Kier molecular flexibility index (Phi) is 5.12. The predicted octanol–water partition coefficient (Wildman–Crippen LogP) is 3.35. The first kappa shape index (κ1) is 12.5. The van der Waals surface area contributed by atoms with E-state index in [9.17, 15) is 0 Å². The molecule has 1 aromatic carbocycles. The lowest BCUT2D eigenvalue weighted by atomic mass is 10.2. The number of para-hydroxylation sites is 1. The summed E-state index contributed by atoms with van der Waals surface area (Å²) < 4.78 is 6.81. The van der Waals surface area contributed by atoms with Crippen LogP contribution in [0.4, 0.5) is 0 Å². The van der Waals surface area contributed by atoms with Gasteiger partial charge >= 0.3 is 0 Å². The van der Waals surface area contributed by atoms with E-state index in [4.69, 9.17) is 4.74 Å². The Bertz CT molecular complexity index is 312. The topological polar surface area (TPSA) is 21.3 Å². The molecule has 15 heavy (non-hydrogen) atoms. The molecular formula is C12H18BrNO. The molecule has 0 bridgehead atoms. The number of hydrogen-bond acceptors (Lipinski definition) is 2. The molecule has 0 aliphatic rings. The zero-order valence-corrected chi connectivity index (χ0v) is 11.1. The number of rotatable bonds is 5. The maximum absolute atomic E-state index is 5.79. The molecule has 2 nitrogen and oxygen atoms in total. The third-order valence-corrected chi connectivity index (χ3v) is 2.59. The first-order chi connectivity index (χ1) is 7.15. The molecule has 0 radical (unpaired) electrons. The Hall–Kier alpha value is -0.540. The molecule has 1 rings (SSSR count). The fraction of sp³-hybridized carbons (Fsp3) is 0.500. The van der Waals surface area contributed by atoms with E-state index in [1.807, 2.05) is 26.0 Å². The summed E-state index contributed by atoms with van der Waals surface area (Å²) in [5.74, 6) is 0.952. The Labute approximate surface area is 100 Å². The van der Waals surface area contributed by atoms with Crippen molar-refractivity contribution < 1.29 is 4.74 Å². The molecule has 0 aromatic heterocycles. The molecule has 0 unspecified atom stereocenters. The largest absolute Gasteiger partial charge is 0.489 e. The number of nitrogens with one attached hydrogen (secondary N) is 1. The van der Waals surface area contributed by atoms with Crippen molar-refractivity contribution in [2.24, 2.45) is 0 Å². The summed E-state index contributed by atoms with van der Waals surface area (Å²) in [5, 5.41) is 3.30. The van der Waals surface area contributed by atoms with Crippen LogP contribution in [0.2, 0.25) is 0 Å². The highest BCUT2D eigenvalue weighted by atomic mass is 79.9. The van der Waals surface area contributed by atoms with Gasteiger partial charge in [-0.15, -0.1) is 0 Å². The standard InChI is InChI=1S/C12H18BrNO/c1-4-14-8-10-6-5-7-11(13)12(10)15-9(2)3/h5-7,9,14H,4,8H2,1-3H3. The number of hydrogen-bond donors (Lipinski definition) is 1. The minimum atomic E-state index is 0.198. The van der Waals surface area contributed by atoms with Gasteiger partial charge in [-0.3, -0.25) is 0 Å².